The van der Waals surface area contributed by atoms with Crippen LogP contribution in [0.1, 0.15) is 42.2 Å². The molecule has 0 saturated carbocycles. The number of aliphatic hydroxyl groups excluding tert-OH is 1. The Hall–Kier alpha value is -3.31. The maximum absolute atomic E-state index is 12.9. The number of nitrogens with one attached hydrogen (secondary N) is 2. The molecule has 3 aromatic rings. The highest BCUT2D eigenvalue weighted by Crippen LogP contribution is 2.28. The number of nitrogens with zero attached hydrogens (tertiary/aromatic N) is 1. The molecular weight excluding hydrogens is 554 g/mol. The molecule has 0 aromatic heterocycles. The van der Waals surface area contributed by atoms with Gasteiger partial charge in [-0.15, -0.1) is 0 Å². The number of rotatable bonds is 12. The van der Waals surface area contributed by atoms with Crippen molar-refractivity contribution in [2.45, 2.75) is 44.9 Å². The molecule has 0 bridgehead atoms. The van der Waals surface area contributed by atoms with E-state index < -0.39 is 21.7 Å². The number of β-amino-alcohol motifs (C(OH)–C–C–N with tert-alkyl or cyclic N) is 1. The van der Waals surface area contributed by atoms with Gasteiger partial charge in [0.05, 0.1) is 24.5 Å². The van der Waals surface area contributed by atoms with Crippen molar-refractivity contribution in [2.24, 2.45) is 0 Å². The fourth-order valence-electron chi connectivity index (χ4n) is 4.27. The summed E-state index contributed by atoms with van der Waals surface area (Å²) in [5, 5.41) is 33.9. The van der Waals surface area contributed by atoms with Crippen LogP contribution in [0.15, 0.2) is 60.7 Å². The first-order valence-electron chi connectivity index (χ1n) is 12.6. The maximum atomic E-state index is 12.9. The van der Waals surface area contributed by atoms with Gasteiger partial charge in [0, 0.05) is 30.7 Å². The molecule has 0 spiro atoms. The summed E-state index contributed by atoms with van der Waals surface area (Å²) < 4.78 is 25.3. The van der Waals surface area contributed by atoms with Crippen LogP contribution in [0.4, 0.5) is 5.69 Å². The van der Waals surface area contributed by atoms with Crippen molar-refractivity contribution in [2.75, 3.05) is 24.6 Å². The third-order valence-corrected chi connectivity index (χ3v) is 7.28. The number of benzene rings is 3. The maximum Gasteiger partial charge on any atom is 0.229 e. The monoisotopic (exact) mass is 589 g/mol. The van der Waals surface area contributed by atoms with Gasteiger partial charge in [-0.1, -0.05) is 48.0 Å². The van der Waals surface area contributed by atoms with Crippen molar-refractivity contribution < 1.29 is 28.5 Å². The Labute approximate surface area is 240 Å². The summed E-state index contributed by atoms with van der Waals surface area (Å²) in [6.07, 6.45) is 0.881. The Morgan fingerprint density at radius 3 is 2.42 bits per heavy atom. The summed E-state index contributed by atoms with van der Waals surface area (Å²) in [6, 6.07) is 16.7. The van der Waals surface area contributed by atoms with Crippen molar-refractivity contribution in [1.82, 2.24) is 10.2 Å². The second-order valence-electron chi connectivity index (χ2n) is 10.6. The van der Waals surface area contributed by atoms with Crippen molar-refractivity contribution >= 4 is 33.2 Å². The number of aliphatic hydroxyl groups is 1. The van der Waals surface area contributed by atoms with Gasteiger partial charge in [0.25, 0.3) is 0 Å². The Balaban J connectivity index is 1.59. The highest BCUT2D eigenvalue weighted by molar-refractivity contribution is 7.92. The fourth-order valence-corrected chi connectivity index (χ4v) is 5.07. The van der Waals surface area contributed by atoms with E-state index in [1.807, 2.05) is 38.1 Å². The van der Waals surface area contributed by atoms with Crippen LogP contribution in [0.5, 0.6) is 11.5 Å². The third-order valence-electron chi connectivity index (χ3n) is 6.34. The lowest BCUT2D eigenvalue weighted by atomic mass is 9.93. The molecule has 0 heterocycles. The number of halogens is 1. The van der Waals surface area contributed by atoms with E-state index in [9.17, 15) is 28.5 Å². The lowest BCUT2D eigenvalue weighted by molar-refractivity contribution is -0.129. The number of hydrogen-bond acceptors (Lipinski definition) is 7. The van der Waals surface area contributed by atoms with E-state index in [1.54, 1.807) is 18.0 Å². The van der Waals surface area contributed by atoms with Crippen LogP contribution >= 0.6 is 11.6 Å². The number of phenols is 2. The summed E-state index contributed by atoms with van der Waals surface area (Å²) >= 11 is 6.18. The van der Waals surface area contributed by atoms with E-state index >= 15 is 0 Å². The number of phenolic OH excluding ortho intramolecular Hbond substituents is 2. The Bertz CT molecular complexity index is 1460. The van der Waals surface area contributed by atoms with Crippen molar-refractivity contribution in [1.29, 1.82) is 0 Å². The fraction of sp³-hybridized carbons (Fsp3) is 0.345. The van der Waals surface area contributed by atoms with Gasteiger partial charge in [-0.25, -0.2) is 8.42 Å². The van der Waals surface area contributed by atoms with Crippen LogP contribution in [0.25, 0.3) is 0 Å². The zero-order valence-corrected chi connectivity index (χ0v) is 24.6. The first-order chi connectivity index (χ1) is 18.6. The van der Waals surface area contributed by atoms with E-state index in [4.69, 9.17) is 11.6 Å². The molecule has 9 nitrogen and oxygen atoms in total. The molecule has 1 amide bonds. The van der Waals surface area contributed by atoms with Crippen LogP contribution in [0.3, 0.4) is 0 Å². The Morgan fingerprint density at radius 2 is 1.75 bits per heavy atom. The summed E-state index contributed by atoms with van der Waals surface area (Å²) in [5.41, 5.74) is 2.67. The normalized spacial score (nSPS) is 12.7. The van der Waals surface area contributed by atoms with Crippen LogP contribution < -0.4 is 10.0 Å². The molecule has 0 aliphatic heterocycles. The standard InChI is InChI=1S/C29H36ClN3O6S/c1-29(2,31-17-27(36)21-9-11-26(35)25(14-21)32-40(4,38)39)16-20-7-5-6-19(12-20)13-28(37)33(3)18-22-8-10-23(34)15-24(22)30/h5-12,14-15,27,31-32,34-36H,13,16-18H2,1-4H3/t27-/m0/s1. The summed E-state index contributed by atoms with van der Waals surface area (Å²) in [5.74, 6) is -0.230. The number of anilines is 1. The van der Waals surface area contributed by atoms with E-state index in [2.05, 4.69) is 10.0 Å². The zero-order valence-electron chi connectivity index (χ0n) is 23.0. The lowest BCUT2D eigenvalue weighted by Crippen LogP contribution is -2.43. The van der Waals surface area contributed by atoms with Gasteiger partial charge in [0.2, 0.25) is 15.9 Å². The highest BCUT2D eigenvalue weighted by atomic mass is 35.5. The van der Waals surface area contributed by atoms with Gasteiger partial charge in [-0.2, -0.15) is 0 Å². The minimum Gasteiger partial charge on any atom is -0.508 e. The molecule has 0 radical (unpaired) electrons. The van der Waals surface area contributed by atoms with Crippen molar-refractivity contribution in [3.63, 3.8) is 0 Å². The molecule has 3 rings (SSSR count). The van der Waals surface area contributed by atoms with E-state index in [-0.39, 0.29) is 36.1 Å². The smallest absolute Gasteiger partial charge is 0.229 e. The quantitative estimate of drug-likeness (QED) is 0.201. The minimum absolute atomic E-state index is 0.00137. The van der Waals surface area contributed by atoms with Gasteiger partial charge in [0.15, 0.2) is 0 Å². The number of aromatic hydroxyl groups is 2. The molecule has 216 valence electrons. The number of hydrogen-bond donors (Lipinski definition) is 5. The minimum atomic E-state index is -3.59. The molecule has 3 aromatic carbocycles. The predicted molar refractivity (Wildman–Crippen MR) is 157 cm³/mol. The number of likely N-dealkylation sites (N-methyl/N-ethyl adjacent to an activating group) is 1. The average molecular weight is 590 g/mol. The topological polar surface area (TPSA) is 139 Å². The van der Waals surface area contributed by atoms with Crippen LogP contribution in [0, 0.1) is 0 Å². The van der Waals surface area contributed by atoms with Gasteiger partial charge < -0.3 is 25.5 Å². The highest BCUT2D eigenvalue weighted by Gasteiger charge is 2.21. The Kier molecular flexibility index (Phi) is 10.1. The Morgan fingerprint density at radius 1 is 1.05 bits per heavy atom. The van der Waals surface area contributed by atoms with Crippen molar-refractivity contribution in [3.05, 3.63) is 87.9 Å². The molecule has 0 fully saturated rings. The second-order valence-corrected chi connectivity index (χ2v) is 12.8. The molecule has 40 heavy (non-hydrogen) atoms. The first-order valence-corrected chi connectivity index (χ1v) is 14.9. The number of carbonyl (C=O) groups is 1. The predicted octanol–water partition coefficient (Wildman–Crippen LogP) is 3.97. The summed E-state index contributed by atoms with van der Waals surface area (Å²) in [6.45, 7) is 4.52. The number of carbonyl (C=O) groups excluding carboxylic acids is 1. The molecule has 0 aliphatic rings. The number of sulfonamides is 1. The number of amides is 1. The summed E-state index contributed by atoms with van der Waals surface area (Å²) in [4.78, 5) is 14.5. The molecule has 0 unspecified atom stereocenters. The largest absolute Gasteiger partial charge is 0.508 e. The van der Waals surface area contributed by atoms with Crippen LogP contribution in [-0.4, -0.2) is 59.9 Å². The van der Waals surface area contributed by atoms with Gasteiger partial charge in [0.1, 0.15) is 11.5 Å². The van der Waals surface area contributed by atoms with Crippen molar-refractivity contribution in [3.8, 4) is 11.5 Å². The zero-order chi connectivity index (χ0) is 29.7. The molecule has 11 heteroatoms. The van der Waals surface area contributed by atoms with E-state index in [0.29, 0.717) is 23.6 Å². The third kappa shape index (κ3) is 9.41. The lowest BCUT2D eigenvalue weighted by Gasteiger charge is -2.28. The van der Waals surface area contributed by atoms with Crippen LogP contribution in [0.2, 0.25) is 5.02 Å². The molecule has 5 N–H and O–H groups in total. The molecule has 1 atom stereocenters. The molecular formula is C29H36ClN3O6S. The van der Waals surface area contributed by atoms with E-state index in [1.165, 1.54) is 30.3 Å². The SMILES string of the molecule is CN(Cc1ccc(O)cc1Cl)C(=O)Cc1cccc(CC(C)(C)NC[C@H](O)c2ccc(O)c(NS(C)(=O)=O)c2)c1. The second kappa shape index (κ2) is 12.9. The van der Waals surface area contributed by atoms with Gasteiger partial charge in [-0.3, -0.25) is 9.52 Å². The van der Waals surface area contributed by atoms with Gasteiger partial charge >= 0.3 is 0 Å². The van der Waals surface area contributed by atoms with Crippen LogP contribution in [-0.2, 0) is 34.2 Å². The van der Waals surface area contributed by atoms with Gasteiger partial charge in [-0.05, 0) is 66.8 Å². The van der Waals surface area contributed by atoms with E-state index in [0.717, 1.165) is 22.9 Å². The first kappa shape index (κ1) is 31.2. The molecule has 0 saturated heterocycles. The average Bonchev–Trinajstić information content (AvgIpc) is 2.84. The summed E-state index contributed by atoms with van der Waals surface area (Å²) in [7, 11) is -1.88. The molecule has 0 aliphatic carbocycles.